The lowest BCUT2D eigenvalue weighted by molar-refractivity contribution is -0.126. The molecule has 1 N–H and O–H groups in total. The second-order valence-corrected chi connectivity index (χ2v) is 6.98. The number of nitrogens with one attached hydrogen (secondary N) is 1. The average molecular weight is 341 g/mol. The van der Waals surface area contributed by atoms with Crippen LogP contribution in [0.25, 0.3) is 0 Å². The van der Waals surface area contributed by atoms with Gasteiger partial charge in [-0.2, -0.15) is 0 Å². The largest absolute Gasteiger partial charge is 0.355 e. The molecule has 5 nitrogen and oxygen atoms in total. The van der Waals surface area contributed by atoms with Crippen LogP contribution in [0.4, 0.5) is 0 Å². The number of aromatic nitrogens is 1. The van der Waals surface area contributed by atoms with Crippen LogP contribution in [-0.4, -0.2) is 41.3 Å². The summed E-state index contributed by atoms with van der Waals surface area (Å²) in [6.45, 7) is 1.94. The van der Waals surface area contributed by atoms with Crippen LogP contribution in [0.5, 0.6) is 0 Å². The molecule has 0 unspecified atom stereocenters. The van der Waals surface area contributed by atoms with Crippen LogP contribution in [0.15, 0.2) is 36.2 Å². The molecule has 1 aromatic rings. The Morgan fingerprint density at radius 3 is 2.80 bits per heavy atom. The second kappa shape index (κ2) is 8.79. The van der Waals surface area contributed by atoms with E-state index in [1.165, 1.54) is 31.3 Å². The lowest BCUT2D eigenvalue weighted by Crippen LogP contribution is -2.45. The van der Waals surface area contributed by atoms with Gasteiger partial charge < -0.3 is 10.2 Å². The molecule has 0 bridgehead atoms. The second-order valence-electron chi connectivity index (χ2n) is 6.98. The molecule has 2 heterocycles. The van der Waals surface area contributed by atoms with Crippen molar-refractivity contribution in [2.45, 2.75) is 44.9 Å². The first kappa shape index (κ1) is 17.6. The maximum Gasteiger partial charge on any atom is 0.253 e. The number of rotatable bonds is 5. The van der Waals surface area contributed by atoms with Gasteiger partial charge in [-0.3, -0.25) is 14.6 Å². The standard InChI is InChI=1S/C20H27N3O2/c24-19(22-13-8-16-5-2-1-3-6-16)18-7-4-14-23(15-18)20(25)17-9-11-21-12-10-17/h5,9-12,18H,1-4,6-8,13-15H2,(H,22,24)/t18-/m0/s1. The van der Waals surface area contributed by atoms with Crippen molar-refractivity contribution in [1.82, 2.24) is 15.2 Å². The predicted octanol–water partition coefficient (Wildman–Crippen LogP) is 2.94. The zero-order valence-corrected chi connectivity index (χ0v) is 14.7. The Balaban J connectivity index is 1.48. The van der Waals surface area contributed by atoms with Crippen molar-refractivity contribution < 1.29 is 9.59 Å². The average Bonchev–Trinajstić information content (AvgIpc) is 2.69. The molecule has 1 saturated heterocycles. The lowest BCUT2D eigenvalue weighted by atomic mass is 9.95. The number of likely N-dealkylation sites (tertiary alicyclic amines) is 1. The van der Waals surface area contributed by atoms with Crippen LogP contribution in [0.1, 0.15) is 55.3 Å². The van der Waals surface area contributed by atoms with Gasteiger partial charge in [-0.1, -0.05) is 11.6 Å². The van der Waals surface area contributed by atoms with Gasteiger partial charge in [0.15, 0.2) is 0 Å². The predicted molar refractivity (Wildman–Crippen MR) is 97.0 cm³/mol. The van der Waals surface area contributed by atoms with Gasteiger partial charge in [0.1, 0.15) is 0 Å². The number of carbonyl (C=O) groups excluding carboxylic acids is 2. The minimum Gasteiger partial charge on any atom is -0.355 e. The van der Waals surface area contributed by atoms with E-state index in [2.05, 4.69) is 16.4 Å². The summed E-state index contributed by atoms with van der Waals surface area (Å²) in [5.74, 6) is -0.0178. The Hall–Kier alpha value is -2.17. The van der Waals surface area contributed by atoms with Gasteiger partial charge in [-0.25, -0.2) is 0 Å². The van der Waals surface area contributed by atoms with E-state index in [0.29, 0.717) is 18.7 Å². The van der Waals surface area contributed by atoms with E-state index in [4.69, 9.17) is 0 Å². The highest BCUT2D eigenvalue weighted by Gasteiger charge is 2.28. The highest BCUT2D eigenvalue weighted by atomic mass is 16.2. The number of hydrogen-bond acceptors (Lipinski definition) is 3. The number of pyridine rings is 1. The summed E-state index contributed by atoms with van der Waals surface area (Å²) in [6, 6.07) is 3.45. The molecular formula is C20H27N3O2. The Labute approximate surface area is 149 Å². The Morgan fingerprint density at radius 1 is 1.20 bits per heavy atom. The number of carbonyl (C=O) groups is 2. The minimum atomic E-state index is -0.0973. The van der Waals surface area contributed by atoms with Gasteiger partial charge in [-0.05, 0) is 57.1 Å². The van der Waals surface area contributed by atoms with Crippen molar-refractivity contribution >= 4 is 11.8 Å². The maximum absolute atomic E-state index is 12.5. The number of hydrogen-bond donors (Lipinski definition) is 1. The topological polar surface area (TPSA) is 62.3 Å². The normalized spacial score (nSPS) is 20.7. The maximum atomic E-state index is 12.5. The third-order valence-electron chi connectivity index (χ3n) is 5.14. The molecular weight excluding hydrogens is 314 g/mol. The van der Waals surface area contributed by atoms with Crippen LogP contribution >= 0.6 is 0 Å². The molecule has 1 aliphatic heterocycles. The first-order valence-corrected chi connectivity index (χ1v) is 9.39. The van der Waals surface area contributed by atoms with Crippen LogP contribution in [0.2, 0.25) is 0 Å². The SMILES string of the molecule is O=C(NCCC1=CCCCC1)[C@H]1CCCN(C(=O)c2ccncc2)C1. The molecule has 1 fully saturated rings. The van der Waals surface area contributed by atoms with Gasteiger partial charge in [0, 0.05) is 37.6 Å². The number of amides is 2. The molecule has 0 aromatic carbocycles. The van der Waals surface area contributed by atoms with E-state index in [9.17, 15) is 9.59 Å². The summed E-state index contributed by atoms with van der Waals surface area (Å²) < 4.78 is 0. The summed E-state index contributed by atoms with van der Waals surface area (Å²) in [4.78, 5) is 30.8. The molecule has 1 atom stereocenters. The van der Waals surface area contributed by atoms with Crippen LogP contribution in [-0.2, 0) is 4.79 Å². The Kier molecular flexibility index (Phi) is 6.20. The Morgan fingerprint density at radius 2 is 2.04 bits per heavy atom. The smallest absolute Gasteiger partial charge is 0.253 e. The molecule has 1 aromatic heterocycles. The zero-order chi connectivity index (χ0) is 17.5. The molecule has 2 aliphatic rings. The summed E-state index contributed by atoms with van der Waals surface area (Å²) in [6.07, 6.45) is 13.2. The third-order valence-corrected chi connectivity index (χ3v) is 5.14. The van der Waals surface area contributed by atoms with Crippen LogP contribution < -0.4 is 5.32 Å². The summed E-state index contributed by atoms with van der Waals surface area (Å²) in [5.41, 5.74) is 2.12. The van der Waals surface area contributed by atoms with Gasteiger partial charge in [-0.15, -0.1) is 0 Å². The van der Waals surface area contributed by atoms with E-state index in [1.54, 1.807) is 29.4 Å². The molecule has 0 spiro atoms. The van der Waals surface area contributed by atoms with E-state index >= 15 is 0 Å². The molecule has 0 radical (unpaired) electrons. The summed E-state index contributed by atoms with van der Waals surface area (Å²) >= 11 is 0. The Bertz CT molecular complexity index is 627. The van der Waals surface area contributed by atoms with Gasteiger partial charge in [0.25, 0.3) is 5.91 Å². The van der Waals surface area contributed by atoms with E-state index in [0.717, 1.165) is 25.8 Å². The van der Waals surface area contributed by atoms with Crippen molar-refractivity contribution in [1.29, 1.82) is 0 Å². The number of allylic oxidation sites excluding steroid dienone is 1. The summed E-state index contributed by atoms with van der Waals surface area (Å²) in [5, 5.41) is 3.07. The quantitative estimate of drug-likeness (QED) is 0.838. The first-order chi connectivity index (χ1) is 12.2. The number of piperidine rings is 1. The van der Waals surface area contributed by atoms with E-state index in [1.807, 2.05) is 0 Å². The van der Waals surface area contributed by atoms with Crippen molar-refractivity contribution in [3.63, 3.8) is 0 Å². The molecule has 2 amide bonds. The lowest BCUT2D eigenvalue weighted by Gasteiger charge is -2.32. The molecule has 3 rings (SSSR count). The van der Waals surface area contributed by atoms with Crippen molar-refractivity contribution in [2.75, 3.05) is 19.6 Å². The highest BCUT2D eigenvalue weighted by molar-refractivity contribution is 5.94. The van der Waals surface area contributed by atoms with Gasteiger partial charge in [0.2, 0.25) is 5.91 Å². The fourth-order valence-corrected chi connectivity index (χ4v) is 3.67. The monoisotopic (exact) mass is 341 g/mol. The van der Waals surface area contributed by atoms with Crippen molar-refractivity contribution in [3.05, 3.63) is 41.7 Å². The molecule has 5 heteroatoms. The highest BCUT2D eigenvalue weighted by Crippen LogP contribution is 2.21. The fraction of sp³-hybridized carbons (Fsp3) is 0.550. The molecule has 0 saturated carbocycles. The molecule has 25 heavy (non-hydrogen) atoms. The van der Waals surface area contributed by atoms with Gasteiger partial charge >= 0.3 is 0 Å². The first-order valence-electron chi connectivity index (χ1n) is 9.39. The van der Waals surface area contributed by atoms with Crippen LogP contribution in [0.3, 0.4) is 0 Å². The minimum absolute atomic E-state index is 0.00717. The molecule has 134 valence electrons. The zero-order valence-electron chi connectivity index (χ0n) is 14.7. The van der Waals surface area contributed by atoms with Crippen molar-refractivity contribution in [2.24, 2.45) is 5.92 Å². The summed E-state index contributed by atoms with van der Waals surface area (Å²) in [7, 11) is 0. The fourth-order valence-electron chi connectivity index (χ4n) is 3.67. The van der Waals surface area contributed by atoms with Crippen molar-refractivity contribution in [3.8, 4) is 0 Å². The molecule has 1 aliphatic carbocycles. The van der Waals surface area contributed by atoms with E-state index in [-0.39, 0.29) is 17.7 Å². The van der Waals surface area contributed by atoms with Crippen LogP contribution in [0, 0.1) is 5.92 Å². The van der Waals surface area contributed by atoms with Gasteiger partial charge in [0.05, 0.1) is 5.92 Å². The van der Waals surface area contributed by atoms with E-state index < -0.39 is 0 Å². The number of nitrogens with zero attached hydrogens (tertiary/aromatic N) is 2. The third kappa shape index (κ3) is 4.91.